The quantitative estimate of drug-likeness (QED) is 0.548. The molecule has 0 aliphatic carbocycles. The third-order valence-corrected chi connectivity index (χ3v) is 2.38. The van der Waals surface area contributed by atoms with Crippen LogP contribution in [0.2, 0.25) is 0 Å². The van der Waals surface area contributed by atoms with E-state index in [9.17, 15) is 0 Å². The summed E-state index contributed by atoms with van der Waals surface area (Å²) in [7, 11) is 1.67. The van der Waals surface area contributed by atoms with Crippen LogP contribution in [0.25, 0.3) is 0 Å². The van der Waals surface area contributed by atoms with Crippen LogP contribution in [0.3, 0.4) is 0 Å². The Balaban J connectivity index is 2.65. The minimum absolute atomic E-state index is 0.889. The van der Waals surface area contributed by atoms with Crippen LogP contribution < -0.4 is 4.74 Å². The molecule has 0 unspecified atom stereocenters. The van der Waals surface area contributed by atoms with Crippen LogP contribution in [-0.4, -0.2) is 7.11 Å². The Kier molecular flexibility index (Phi) is 4.37. The first-order valence-electron chi connectivity index (χ1n) is 4.41. The van der Waals surface area contributed by atoms with Crippen LogP contribution in [0.5, 0.6) is 5.75 Å². The van der Waals surface area contributed by atoms with Crippen LogP contribution >= 0.6 is 11.8 Å². The molecule has 0 fully saturated rings. The zero-order valence-corrected chi connectivity index (χ0v) is 9.52. The Labute approximate surface area is 89.5 Å². The number of methoxy groups -OCH3 is 1. The fourth-order valence-electron chi connectivity index (χ4n) is 0.870. The van der Waals surface area contributed by atoms with Crippen molar-refractivity contribution in [3.63, 3.8) is 0 Å². The van der Waals surface area contributed by atoms with Gasteiger partial charge in [0, 0.05) is 10.3 Å². The van der Waals surface area contributed by atoms with Crippen molar-refractivity contribution in [1.82, 2.24) is 0 Å². The fourth-order valence-corrected chi connectivity index (χ4v) is 1.59. The molecule has 0 saturated carbocycles. The van der Waals surface area contributed by atoms with Gasteiger partial charge in [-0.25, -0.2) is 0 Å². The highest BCUT2D eigenvalue weighted by atomic mass is 32.2. The second-order valence-electron chi connectivity index (χ2n) is 3.06. The first-order valence-corrected chi connectivity index (χ1v) is 5.29. The van der Waals surface area contributed by atoms with E-state index in [1.165, 1.54) is 10.5 Å². The Bertz CT molecular complexity index is 341. The van der Waals surface area contributed by atoms with Gasteiger partial charge in [-0.05, 0) is 43.7 Å². The first-order chi connectivity index (χ1) is 6.72. The molecule has 0 radical (unpaired) electrons. The zero-order valence-electron chi connectivity index (χ0n) is 8.70. The van der Waals surface area contributed by atoms with Gasteiger partial charge >= 0.3 is 0 Å². The third-order valence-electron chi connectivity index (χ3n) is 1.60. The highest BCUT2D eigenvalue weighted by Crippen LogP contribution is 2.21. The molecule has 1 aromatic rings. The van der Waals surface area contributed by atoms with Gasteiger partial charge in [0.1, 0.15) is 5.75 Å². The summed E-state index contributed by atoms with van der Waals surface area (Å²) in [4.78, 5) is 1.19. The minimum atomic E-state index is 0.889. The van der Waals surface area contributed by atoms with Gasteiger partial charge in [-0.15, -0.1) is 5.73 Å². The van der Waals surface area contributed by atoms with E-state index in [-0.39, 0.29) is 0 Å². The van der Waals surface area contributed by atoms with Crippen LogP contribution in [-0.2, 0) is 0 Å². The van der Waals surface area contributed by atoms with E-state index in [1.807, 2.05) is 43.5 Å². The van der Waals surface area contributed by atoms with Crippen molar-refractivity contribution in [3.05, 3.63) is 41.0 Å². The van der Waals surface area contributed by atoms with Crippen molar-refractivity contribution in [2.24, 2.45) is 0 Å². The van der Waals surface area contributed by atoms with Crippen LogP contribution in [0.1, 0.15) is 13.8 Å². The lowest BCUT2D eigenvalue weighted by Crippen LogP contribution is -1.80. The second-order valence-corrected chi connectivity index (χ2v) is 4.00. The van der Waals surface area contributed by atoms with Gasteiger partial charge in [0.25, 0.3) is 0 Å². The highest BCUT2D eigenvalue weighted by molar-refractivity contribution is 8.02. The molecule has 0 bridgehead atoms. The number of rotatable bonds is 3. The smallest absolute Gasteiger partial charge is 0.118 e. The molecule has 1 nitrogen and oxygen atoms in total. The monoisotopic (exact) mass is 206 g/mol. The zero-order chi connectivity index (χ0) is 10.4. The fraction of sp³-hybridized carbons (Fsp3) is 0.250. The molecule has 0 N–H and O–H groups in total. The number of ether oxygens (including phenoxy) is 1. The molecule has 0 amide bonds. The van der Waals surface area contributed by atoms with Gasteiger partial charge in [0.05, 0.1) is 7.11 Å². The van der Waals surface area contributed by atoms with Gasteiger partial charge in [0.15, 0.2) is 0 Å². The lowest BCUT2D eigenvalue weighted by Gasteiger charge is -1.99. The Hall–Kier alpha value is -1.11. The molecule has 0 heterocycles. The van der Waals surface area contributed by atoms with Crippen molar-refractivity contribution < 1.29 is 4.74 Å². The van der Waals surface area contributed by atoms with Gasteiger partial charge in [-0.3, -0.25) is 0 Å². The second kappa shape index (κ2) is 5.58. The predicted octanol–water partition coefficient (Wildman–Crippen LogP) is 3.87. The molecule has 74 valence electrons. The molecule has 0 aliphatic heterocycles. The van der Waals surface area contributed by atoms with Crippen LogP contribution in [0.15, 0.2) is 45.9 Å². The van der Waals surface area contributed by atoms with E-state index >= 15 is 0 Å². The number of allylic oxidation sites excluding steroid dienone is 1. The summed E-state index contributed by atoms with van der Waals surface area (Å²) >= 11 is 1.66. The molecule has 0 spiro atoms. The molecule has 0 saturated heterocycles. The largest absolute Gasteiger partial charge is 0.497 e. The Morgan fingerprint density at radius 3 is 2.43 bits per heavy atom. The van der Waals surface area contributed by atoms with E-state index in [1.54, 1.807) is 18.9 Å². The molecular formula is C12H14OS. The molecule has 1 rings (SSSR count). The third kappa shape index (κ3) is 3.73. The lowest BCUT2D eigenvalue weighted by molar-refractivity contribution is 0.414. The number of benzene rings is 1. The van der Waals surface area contributed by atoms with Crippen molar-refractivity contribution in [2.45, 2.75) is 18.7 Å². The molecule has 2 heteroatoms. The Morgan fingerprint density at radius 2 is 1.93 bits per heavy atom. The molecule has 0 aromatic heterocycles. The average Bonchev–Trinajstić information content (AvgIpc) is 2.18. The summed E-state index contributed by atoms with van der Waals surface area (Å²) in [6, 6.07) is 7.98. The summed E-state index contributed by atoms with van der Waals surface area (Å²) in [5, 5.41) is 1.97. The van der Waals surface area contributed by atoms with Crippen LogP contribution in [0.4, 0.5) is 0 Å². The topological polar surface area (TPSA) is 9.23 Å². The number of hydrogen-bond donors (Lipinski definition) is 0. The van der Waals surface area contributed by atoms with E-state index < -0.39 is 0 Å². The SMILES string of the molecule is COc1ccc(SC=C=C(C)C)cc1. The van der Waals surface area contributed by atoms with Crippen molar-refractivity contribution in [2.75, 3.05) is 7.11 Å². The predicted molar refractivity (Wildman–Crippen MR) is 61.8 cm³/mol. The van der Waals surface area contributed by atoms with E-state index in [2.05, 4.69) is 5.73 Å². The maximum absolute atomic E-state index is 5.07. The minimum Gasteiger partial charge on any atom is -0.497 e. The molecule has 0 atom stereocenters. The summed E-state index contributed by atoms with van der Waals surface area (Å²) < 4.78 is 5.07. The maximum atomic E-state index is 5.07. The van der Waals surface area contributed by atoms with Crippen LogP contribution in [0, 0.1) is 0 Å². The van der Waals surface area contributed by atoms with Gasteiger partial charge in [-0.2, -0.15) is 0 Å². The van der Waals surface area contributed by atoms with Gasteiger partial charge < -0.3 is 4.74 Å². The van der Waals surface area contributed by atoms with E-state index in [0.717, 1.165) is 5.75 Å². The number of hydrogen-bond acceptors (Lipinski definition) is 2. The van der Waals surface area contributed by atoms with E-state index in [0.29, 0.717) is 0 Å². The number of thioether (sulfide) groups is 1. The highest BCUT2D eigenvalue weighted by Gasteiger charge is 1.91. The first kappa shape index (κ1) is 11.0. The standard InChI is InChI=1S/C12H14OS/c1-10(2)8-9-14-12-6-4-11(13-3)5-7-12/h4-7,9H,1-3H3. The molecule has 0 aliphatic rings. The molecular weight excluding hydrogens is 192 g/mol. The van der Waals surface area contributed by atoms with Crippen molar-refractivity contribution in [1.29, 1.82) is 0 Å². The average molecular weight is 206 g/mol. The van der Waals surface area contributed by atoms with E-state index in [4.69, 9.17) is 4.74 Å². The normalized spacial score (nSPS) is 9.07. The molecule has 1 aromatic carbocycles. The van der Waals surface area contributed by atoms with Crippen molar-refractivity contribution >= 4 is 11.8 Å². The maximum Gasteiger partial charge on any atom is 0.118 e. The summed E-state index contributed by atoms with van der Waals surface area (Å²) in [5.74, 6) is 0.889. The van der Waals surface area contributed by atoms with Gasteiger partial charge in [0.2, 0.25) is 0 Å². The van der Waals surface area contributed by atoms with Crippen molar-refractivity contribution in [3.8, 4) is 5.75 Å². The summed E-state index contributed by atoms with van der Waals surface area (Å²) in [6.07, 6.45) is 0. The molecule has 14 heavy (non-hydrogen) atoms. The lowest BCUT2D eigenvalue weighted by atomic mass is 10.3. The summed E-state index contributed by atoms with van der Waals surface area (Å²) in [6.45, 7) is 4.07. The summed E-state index contributed by atoms with van der Waals surface area (Å²) in [5.41, 5.74) is 4.33. The van der Waals surface area contributed by atoms with Gasteiger partial charge in [-0.1, -0.05) is 11.8 Å². The Morgan fingerprint density at radius 1 is 1.29 bits per heavy atom.